The van der Waals surface area contributed by atoms with Crippen LogP contribution in [0, 0.1) is 5.41 Å². The van der Waals surface area contributed by atoms with Crippen LogP contribution in [-0.4, -0.2) is 37.1 Å². The molecule has 3 heteroatoms. The molecule has 2 aliphatic rings. The number of hydrogen-bond acceptors (Lipinski definition) is 3. The van der Waals surface area contributed by atoms with E-state index >= 15 is 0 Å². The maximum Gasteiger partial charge on any atom is 0.323 e. The van der Waals surface area contributed by atoms with Crippen LogP contribution in [0.15, 0.2) is 0 Å². The van der Waals surface area contributed by atoms with Crippen molar-refractivity contribution in [1.82, 2.24) is 4.90 Å². The zero-order valence-corrected chi connectivity index (χ0v) is 9.79. The van der Waals surface area contributed by atoms with Crippen LogP contribution in [-0.2, 0) is 9.53 Å². The minimum absolute atomic E-state index is 0.0476. The van der Waals surface area contributed by atoms with E-state index in [1.54, 1.807) is 0 Å². The van der Waals surface area contributed by atoms with Gasteiger partial charge in [-0.25, -0.2) is 0 Å². The van der Waals surface area contributed by atoms with Crippen molar-refractivity contribution in [2.45, 2.75) is 45.1 Å². The smallest absolute Gasteiger partial charge is 0.323 e. The lowest BCUT2D eigenvalue weighted by Crippen LogP contribution is -2.54. The number of nitrogens with zero attached hydrogens (tertiary/aromatic N) is 1. The molecule has 86 valence electrons. The Morgan fingerprint density at radius 2 is 2.27 bits per heavy atom. The zero-order chi connectivity index (χ0) is 10.9. The standard InChI is InChI=1S/C12H21NO2/c1-3-5-12(6-7-12)9-13-8-4-10(13)11(14)15-2/h10H,3-9H2,1-2H3. The first-order valence-corrected chi connectivity index (χ1v) is 6.03. The SMILES string of the molecule is CCCC1(CN2CCC2C(=O)OC)CC1. The first-order valence-electron chi connectivity index (χ1n) is 6.03. The van der Waals surface area contributed by atoms with Crippen molar-refractivity contribution >= 4 is 5.97 Å². The minimum atomic E-state index is -0.0476. The first kappa shape index (κ1) is 10.9. The number of ether oxygens (including phenoxy) is 1. The second-order valence-corrected chi connectivity index (χ2v) is 5.05. The van der Waals surface area contributed by atoms with Gasteiger partial charge in [-0.05, 0) is 31.1 Å². The van der Waals surface area contributed by atoms with E-state index in [0.29, 0.717) is 5.41 Å². The van der Waals surface area contributed by atoms with E-state index in [0.717, 1.165) is 19.5 Å². The van der Waals surface area contributed by atoms with Gasteiger partial charge >= 0.3 is 5.97 Å². The summed E-state index contributed by atoms with van der Waals surface area (Å²) in [6.07, 6.45) is 6.26. The van der Waals surface area contributed by atoms with E-state index in [-0.39, 0.29) is 12.0 Å². The summed E-state index contributed by atoms with van der Waals surface area (Å²) in [7, 11) is 1.48. The minimum Gasteiger partial charge on any atom is -0.468 e. The molecule has 0 spiro atoms. The number of likely N-dealkylation sites (tertiary alicyclic amines) is 1. The van der Waals surface area contributed by atoms with Crippen molar-refractivity contribution in [3.05, 3.63) is 0 Å². The van der Waals surface area contributed by atoms with Gasteiger partial charge in [0.05, 0.1) is 7.11 Å². The molecular formula is C12H21NO2. The van der Waals surface area contributed by atoms with Crippen LogP contribution < -0.4 is 0 Å². The summed E-state index contributed by atoms with van der Waals surface area (Å²) in [5.74, 6) is -0.0476. The van der Waals surface area contributed by atoms with E-state index in [1.165, 1.54) is 32.8 Å². The third kappa shape index (κ3) is 2.17. The Hall–Kier alpha value is -0.570. The normalized spacial score (nSPS) is 28.3. The number of carbonyl (C=O) groups excluding carboxylic acids is 1. The molecule has 1 aliphatic heterocycles. The van der Waals surface area contributed by atoms with Crippen molar-refractivity contribution < 1.29 is 9.53 Å². The molecule has 0 N–H and O–H groups in total. The van der Waals surface area contributed by atoms with Gasteiger partial charge in [0.25, 0.3) is 0 Å². The molecule has 3 nitrogen and oxygen atoms in total. The van der Waals surface area contributed by atoms with Gasteiger partial charge in [0.15, 0.2) is 0 Å². The second-order valence-electron chi connectivity index (χ2n) is 5.05. The quantitative estimate of drug-likeness (QED) is 0.650. The second kappa shape index (κ2) is 4.12. The summed E-state index contributed by atoms with van der Waals surface area (Å²) in [5, 5.41) is 0. The molecule has 0 aromatic carbocycles. The summed E-state index contributed by atoms with van der Waals surface area (Å²) < 4.78 is 4.80. The molecule has 0 aromatic heterocycles. The largest absolute Gasteiger partial charge is 0.468 e. The maximum absolute atomic E-state index is 11.4. The molecule has 0 aromatic rings. The number of rotatable bonds is 5. The van der Waals surface area contributed by atoms with Crippen LogP contribution in [0.1, 0.15) is 39.0 Å². The lowest BCUT2D eigenvalue weighted by atomic mass is 9.95. The number of methoxy groups -OCH3 is 1. The van der Waals surface area contributed by atoms with Crippen molar-refractivity contribution in [3.8, 4) is 0 Å². The highest BCUT2D eigenvalue weighted by Gasteiger charge is 2.47. The highest BCUT2D eigenvalue weighted by atomic mass is 16.5. The molecule has 2 fully saturated rings. The van der Waals surface area contributed by atoms with Crippen molar-refractivity contribution in [2.75, 3.05) is 20.2 Å². The lowest BCUT2D eigenvalue weighted by molar-refractivity contribution is -0.152. The van der Waals surface area contributed by atoms with Gasteiger partial charge in [0, 0.05) is 13.1 Å². The summed E-state index contributed by atoms with van der Waals surface area (Å²) >= 11 is 0. The summed E-state index contributed by atoms with van der Waals surface area (Å²) in [4.78, 5) is 13.7. The predicted octanol–water partition coefficient (Wildman–Crippen LogP) is 1.81. The van der Waals surface area contributed by atoms with E-state index in [9.17, 15) is 4.79 Å². The Labute approximate surface area is 91.8 Å². The third-order valence-electron chi connectivity index (χ3n) is 3.88. The van der Waals surface area contributed by atoms with E-state index in [4.69, 9.17) is 4.74 Å². The molecule has 2 rings (SSSR count). The van der Waals surface area contributed by atoms with Crippen LogP contribution in [0.4, 0.5) is 0 Å². The summed E-state index contributed by atoms with van der Waals surface area (Å²) in [6.45, 7) is 4.43. The van der Waals surface area contributed by atoms with E-state index in [2.05, 4.69) is 11.8 Å². The number of hydrogen-bond donors (Lipinski definition) is 0. The Morgan fingerprint density at radius 3 is 2.67 bits per heavy atom. The number of carbonyl (C=O) groups is 1. The Kier molecular flexibility index (Phi) is 3.01. The van der Waals surface area contributed by atoms with E-state index in [1.807, 2.05) is 0 Å². The molecule has 0 amide bonds. The highest BCUT2D eigenvalue weighted by Crippen LogP contribution is 2.51. The molecule has 1 saturated carbocycles. The van der Waals surface area contributed by atoms with Gasteiger partial charge < -0.3 is 4.74 Å². The van der Waals surface area contributed by atoms with Gasteiger partial charge in [-0.15, -0.1) is 0 Å². The molecule has 1 atom stereocenters. The van der Waals surface area contributed by atoms with Gasteiger partial charge in [-0.2, -0.15) is 0 Å². The molecule has 1 heterocycles. The molecule has 1 saturated heterocycles. The van der Waals surface area contributed by atoms with Gasteiger partial charge in [0.1, 0.15) is 6.04 Å². The first-order chi connectivity index (χ1) is 7.21. The molecule has 1 unspecified atom stereocenters. The van der Waals surface area contributed by atoms with Crippen molar-refractivity contribution in [2.24, 2.45) is 5.41 Å². The molecule has 0 radical (unpaired) electrons. The molecule has 0 bridgehead atoms. The fourth-order valence-corrected chi connectivity index (χ4v) is 2.66. The monoisotopic (exact) mass is 211 g/mol. The average molecular weight is 211 g/mol. The fourth-order valence-electron chi connectivity index (χ4n) is 2.66. The maximum atomic E-state index is 11.4. The predicted molar refractivity (Wildman–Crippen MR) is 58.6 cm³/mol. The van der Waals surface area contributed by atoms with Crippen molar-refractivity contribution in [3.63, 3.8) is 0 Å². The van der Waals surface area contributed by atoms with Gasteiger partial charge in [-0.3, -0.25) is 9.69 Å². The molecule has 1 aliphatic carbocycles. The van der Waals surface area contributed by atoms with Crippen LogP contribution in [0.2, 0.25) is 0 Å². The molecular weight excluding hydrogens is 190 g/mol. The zero-order valence-electron chi connectivity index (χ0n) is 9.79. The number of esters is 1. The van der Waals surface area contributed by atoms with Gasteiger partial charge in [-0.1, -0.05) is 13.3 Å². The highest BCUT2D eigenvalue weighted by molar-refractivity contribution is 5.76. The van der Waals surface area contributed by atoms with Crippen LogP contribution in [0.25, 0.3) is 0 Å². The van der Waals surface area contributed by atoms with Crippen LogP contribution in [0.5, 0.6) is 0 Å². The van der Waals surface area contributed by atoms with Gasteiger partial charge in [0.2, 0.25) is 0 Å². The van der Waals surface area contributed by atoms with Crippen LogP contribution >= 0.6 is 0 Å². The van der Waals surface area contributed by atoms with Crippen LogP contribution in [0.3, 0.4) is 0 Å². The summed E-state index contributed by atoms with van der Waals surface area (Å²) in [6, 6.07) is 0.0596. The van der Waals surface area contributed by atoms with Crippen molar-refractivity contribution in [1.29, 1.82) is 0 Å². The molecule has 15 heavy (non-hydrogen) atoms. The van der Waals surface area contributed by atoms with E-state index < -0.39 is 0 Å². The fraction of sp³-hybridized carbons (Fsp3) is 0.917. The Morgan fingerprint density at radius 1 is 1.53 bits per heavy atom. The third-order valence-corrected chi connectivity index (χ3v) is 3.88. The topological polar surface area (TPSA) is 29.5 Å². The average Bonchev–Trinajstić information content (AvgIpc) is 2.94. The lowest BCUT2D eigenvalue weighted by Gasteiger charge is -2.41. The Bertz CT molecular complexity index is 248. The Balaban J connectivity index is 1.83. The summed E-state index contributed by atoms with van der Waals surface area (Å²) in [5.41, 5.74) is 0.557.